The van der Waals surface area contributed by atoms with Crippen LogP contribution in [0.5, 0.6) is 17.2 Å². The van der Waals surface area contributed by atoms with Gasteiger partial charge in [0, 0.05) is 17.6 Å². The van der Waals surface area contributed by atoms with E-state index < -0.39 is 21.9 Å². The summed E-state index contributed by atoms with van der Waals surface area (Å²) in [6.45, 7) is 0. The van der Waals surface area contributed by atoms with Gasteiger partial charge in [0.15, 0.2) is 11.5 Å². The van der Waals surface area contributed by atoms with Gasteiger partial charge in [-0.25, -0.2) is 18.1 Å². The monoisotopic (exact) mass is 480 g/mol. The topological polar surface area (TPSA) is 105 Å². The van der Waals surface area contributed by atoms with Crippen LogP contribution in [0.4, 0.5) is 13.2 Å². The lowest BCUT2D eigenvalue weighted by molar-refractivity contribution is -0.274. The van der Waals surface area contributed by atoms with E-state index in [-0.39, 0.29) is 32.1 Å². The molecule has 33 heavy (non-hydrogen) atoms. The maximum Gasteiger partial charge on any atom is 0.573 e. The number of benzene rings is 2. The molecule has 0 spiro atoms. The Bertz CT molecular complexity index is 1420. The van der Waals surface area contributed by atoms with Gasteiger partial charge in [0.05, 0.1) is 30.3 Å². The van der Waals surface area contributed by atoms with Crippen molar-refractivity contribution >= 4 is 20.7 Å². The quantitative estimate of drug-likeness (QED) is 0.413. The van der Waals surface area contributed by atoms with Crippen LogP contribution in [0.3, 0.4) is 0 Å². The number of sulfone groups is 1. The molecule has 2 aromatic heterocycles. The third-order valence-corrected chi connectivity index (χ3v) is 6.37. The zero-order chi connectivity index (χ0) is 23.8. The number of halogens is 3. The lowest BCUT2D eigenvalue weighted by Crippen LogP contribution is -2.17. The number of alkyl halides is 3. The Kier molecular flexibility index (Phi) is 5.57. The molecule has 4 rings (SSSR count). The van der Waals surface area contributed by atoms with Crippen LogP contribution >= 0.6 is 0 Å². The first-order chi connectivity index (χ1) is 15.6. The molecule has 172 valence electrons. The second kappa shape index (κ2) is 8.24. The smallest absolute Gasteiger partial charge is 0.493 e. The molecule has 0 aliphatic rings. The fraction of sp³-hybridized carbons (Fsp3) is 0.150. The molecule has 2 aromatic carbocycles. The molecular weight excluding hydrogens is 465 g/mol. The van der Waals surface area contributed by atoms with Crippen molar-refractivity contribution < 1.29 is 35.8 Å². The van der Waals surface area contributed by atoms with Crippen LogP contribution in [0.2, 0.25) is 0 Å². The van der Waals surface area contributed by atoms with Gasteiger partial charge in [-0.05, 0) is 30.3 Å². The summed E-state index contributed by atoms with van der Waals surface area (Å²) in [4.78, 5) is 7.49. The van der Waals surface area contributed by atoms with Crippen molar-refractivity contribution in [3.05, 3.63) is 55.2 Å². The highest BCUT2D eigenvalue weighted by Crippen LogP contribution is 2.36. The van der Waals surface area contributed by atoms with E-state index in [4.69, 9.17) is 9.47 Å². The van der Waals surface area contributed by atoms with Crippen LogP contribution in [0, 0.1) is 0 Å². The molecule has 0 atom stereocenters. The molecule has 0 bridgehead atoms. The first kappa shape index (κ1) is 22.3. The molecule has 0 saturated heterocycles. The standard InChI is InChI=1S/C20H15F3N4O5S/c1-30-16-6-4-13(8-17(16)31-2)33(28,29)18-9-25-15-5-3-12(32-20(21,22)23)7-14(15)19(18)27-11-24-10-26-27/h3-11H,1-2H3. The molecule has 0 fully saturated rings. The fourth-order valence-corrected chi connectivity index (χ4v) is 4.62. The molecule has 13 heteroatoms. The Balaban J connectivity index is 1.98. The minimum Gasteiger partial charge on any atom is -0.493 e. The number of nitrogens with zero attached hydrogens (tertiary/aromatic N) is 4. The molecule has 0 amide bonds. The molecule has 0 saturated carbocycles. The van der Waals surface area contributed by atoms with Gasteiger partial charge in [0.25, 0.3) is 0 Å². The Labute approximate surface area is 185 Å². The Hall–Kier alpha value is -3.87. The first-order valence-electron chi connectivity index (χ1n) is 9.14. The van der Waals surface area contributed by atoms with Crippen LogP contribution in [0.15, 0.2) is 65.0 Å². The number of ether oxygens (including phenoxy) is 3. The number of methoxy groups -OCH3 is 2. The van der Waals surface area contributed by atoms with E-state index in [0.717, 1.165) is 29.3 Å². The van der Waals surface area contributed by atoms with Crippen molar-refractivity contribution in [2.24, 2.45) is 0 Å². The zero-order valence-corrected chi connectivity index (χ0v) is 17.9. The van der Waals surface area contributed by atoms with Crippen LogP contribution in [-0.2, 0) is 9.84 Å². The molecule has 0 radical (unpaired) electrons. The maximum atomic E-state index is 13.6. The number of hydrogen-bond donors (Lipinski definition) is 0. The van der Waals surface area contributed by atoms with Gasteiger partial charge in [0.1, 0.15) is 23.3 Å². The molecule has 0 aliphatic carbocycles. The van der Waals surface area contributed by atoms with E-state index in [0.29, 0.717) is 5.75 Å². The molecule has 4 aromatic rings. The highest BCUT2D eigenvalue weighted by atomic mass is 32.2. The number of rotatable bonds is 6. The summed E-state index contributed by atoms with van der Waals surface area (Å²) in [5.74, 6) is -0.0483. The van der Waals surface area contributed by atoms with Crippen LogP contribution in [0.1, 0.15) is 0 Å². The van der Waals surface area contributed by atoms with Crippen molar-refractivity contribution in [2.75, 3.05) is 14.2 Å². The minimum absolute atomic E-state index is 0.0418. The van der Waals surface area contributed by atoms with Crippen molar-refractivity contribution in [1.29, 1.82) is 0 Å². The van der Waals surface area contributed by atoms with E-state index in [1.54, 1.807) is 0 Å². The Morgan fingerprint density at radius 1 is 1.00 bits per heavy atom. The number of fused-ring (bicyclic) bond motifs is 1. The van der Waals surface area contributed by atoms with Gasteiger partial charge in [-0.15, -0.1) is 13.2 Å². The number of aromatic nitrogens is 4. The second-order valence-corrected chi connectivity index (χ2v) is 8.48. The lowest BCUT2D eigenvalue weighted by Gasteiger charge is -2.15. The minimum atomic E-state index is -4.93. The van der Waals surface area contributed by atoms with E-state index in [2.05, 4.69) is 19.8 Å². The predicted molar refractivity (Wildman–Crippen MR) is 108 cm³/mol. The van der Waals surface area contributed by atoms with E-state index in [1.165, 1.54) is 44.8 Å². The summed E-state index contributed by atoms with van der Waals surface area (Å²) in [7, 11) is -1.48. The third-order valence-electron chi connectivity index (χ3n) is 4.61. The molecule has 2 heterocycles. The van der Waals surface area contributed by atoms with Gasteiger partial charge in [-0.1, -0.05) is 0 Å². The van der Waals surface area contributed by atoms with Gasteiger partial charge < -0.3 is 14.2 Å². The number of pyridine rings is 1. The van der Waals surface area contributed by atoms with Crippen molar-refractivity contribution in [2.45, 2.75) is 16.2 Å². The normalized spacial score (nSPS) is 12.0. The van der Waals surface area contributed by atoms with Crippen molar-refractivity contribution in [3.8, 4) is 22.9 Å². The van der Waals surface area contributed by atoms with Gasteiger partial charge in [-0.2, -0.15) is 5.10 Å². The summed E-state index contributed by atoms with van der Waals surface area (Å²) in [5, 5.41) is 4.03. The van der Waals surface area contributed by atoms with Crippen molar-refractivity contribution in [3.63, 3.8) is 0 Å². The maximum absolute atomic E-state index is 13.6. The summed E-state index contributed by atoms with van der Waals surface area (Å²) in [6.07, 6.45) is -1.44. The highest BCUT2D eigenvalue weighted by Gasteiger charge is 2.32. The van der Waals surface area contributed by atoms with E-state index in [1.807, 2.05) is 0 Å². The SMILES string of the molecule is COc1ccc(S(=O)(=O)c2cnc3ccc(OC(F)(F)F)cc3c2-n2cncn2)cc1OC. The molecule has 0 N–H and O–H groups in total. The molecule has 0 unspecified atom stereocenters. The summed E-state index contributed by atoms with van der Waals surface area (Å²) in [5.41, 5.74) is 0.182. The molecular formula is C20H15F3N4O5S. The van der Waals surface area contributed by atoms with Gasteiger partial charge in [-0.3, -0.25) is 4.98 Å². The van der Waals surface area contributed by atoms with Crippen LogP contribution in [-0.4, -0.2) is 48.7 Å². The number of hydrogen-bond acceptors (Lipinski definition) is 8. The Morgan fingerprint density at radius 3 is 2.39 bits per heavy atom. The fourth-order valence-electron chi connectivity index (χ4n) is 3.20. The third kappa shape index (κ3) is 4.26. The lowest BCUT2D eigenvalue weighted by atomic mass is 10.2. The average Bonchev–Trinajstić information content (AvgIpc) is 3.31. The van der Waals surface area contributed by atoms with Crippen LogP contribution in [0.25, 0.3) is 16.6 Å². The zero-order valence-electron chi connectivity index (χ0n) is 17.1. The summed E-state index contributed by atoms with van der Waals surface area (Å²) < 4.78 is 80.9. The average molecular weight is 480 g/mol. The van der Waals surface area contributed by atoms with Gasteiger partial charge >= 0.3 is 6.36 Å². The molecule has 0 aliphatic heterocycles. The van der Waals surface area contributed by atoms with Gasteiger partial charge in [0.2, 0.25) is 9.84 Å². The first-order valence-corrected chi connectivity index (χ1v) is 10.6. The largest absolute Gasteiger partial charge is 0.573 e. The molecule has 9 nitrogen and oxygen atoms in total. The Morgan fingerprint density at radius 2 is 1.76 bits per heavy atom. The van der Waals surface area contributed by atoms with E-state index >= 15 is 0 Å². The summed E-state index contributed by atoms with van der Waals surface area (Å²) in [6, 6.07) is 7.41. The van der Waals surface area contributed by atoms with Crippen molar-refractivity contribution in [1.82, 2.24) is 19.7 Å². The second-order valence-electron chi connectivity index (χ2n) is 6.56. The predicted octanol–water partition coefficient (Wildman–Crippen LogP) is 3.56. The van der Waals surface area contributed by atoms with E-state index in [9.17, 15) is 21.6 Å². The summed E-state index contributed by atoms with van der Waals surface area (Å²) >= 11 is 0. The van der Waals surface area contributed by atoms with Crippen LogP contribution < -0.4 is 14.2 Å². The highest BCUT2D eigenvalue weighted by molar-refractivity contribution is 7.91.